The number of carbonyl (C=O) groups excluding carboxylic acids is 1. The van der Waals surface area contributed by atoms with Crippen LogP contribution < -0.4 is 10.6 Å². The van der Waals surface area contributed by atoms with E-state index in [0.29, 0.717) is 24.6 Å². The van der Waals surface area contributed by atoms with Crippen molar-refractivity contribution in [3.05, 3.63) is 42.0 Å². The van der Waals surface area contributed by atoms with Gasteiger partial charge in [0.05, 0.1) is 25.4 Å². The van der Waals surface area contributed by atoms with Gasteiger partial charge >= 0.3 is 5.97 Å². The molecule has 0 saturated carbocycles. The van der Waals surface area contributed by atoms with E-state index in [2.05, 4.69) is 15.1 Å². The number of aromatic nitrogens is 2. The van der Waals surface area contributed by atoms with E-state index >= 15 is 0 Å². The third-order valence-electron chi connectivity index (χ3n) is 4.77. The maximum absolute atomic E-state index is 14.9. The number of hydrogen-bond acceptors (Lipinski definition) is 10. The Morgan fingerprint density at radius 3 is 2.73 bits per heavy atom. The predicted molar refractivity (Wildman–Crippen MR) is 117 cm³/mol. The van der Waals surface area contributed by atoms with Crippen molar-refractivity contribution in [2.24, 2.45) is 10.9 Å². The number of hydrogen-bond donors (Lipinski definition) is 3. The van der Waals surface area contributed by atoms with Crippen LogP contribution in [0.2, 0.25) is 0 Å². The quantitative estimate of drug-likeness (QED) is 0.191. The van der Waals surface area contributed by atoms with Crippen LogP contribution in [0, 0.1) is 11.2 Å². The van der Waals surface area contributed by atoms with Gasteiger partial charge in [0.25, 0.3) is 0 Å². The molecule has 12 heteroatoms. The highest BCUT2D eigenvalue weighted by Gasteiger charge is 2.25. The number of amidine groups is 1. The topological polar surface area (TPSA) is 156 Å². The lowest BCUT2D eigenvalue weighted by Crippen LogP contribution is -2.48. The maximum Gasteiger partial charge on any atom is 0.313 e. The lowest BCUT2D eigenvalue weighted by molar-refractivity contribution is -0.143. The van der Waals surface area contributed by atoms with Crippen LogP contribution in [0.25, 0.3) is 11.1 Å². The van der Waals surface area contributed by atoms with Gasteiger partial charge in [0.15, 0.2) is 0 Å². The summed E-state index contributed by atoms with van der Waals surface area (Å²) in [5, 5.41) is 20.1. The number of anilines is 1. The lowest BCUT2D eigenvalue weighted by atomic mass is 10.1. The molecule has 3 rings (SSSR count). The fraction of sp³-hybridized carbons (Fsp3) is 0.381. The average Bonchev–Trinajstić information content (AvgIpc) is 2.77. The molecular formula is C21H25FN6O5. The Morgan fingerprint density at radius 1 is 1.36 bits per heavy atom. The van der Waals surface area contributed by atoms with Crippen LogP contribution in [0.1, 0.15) is 12.0 Å². The molecule has 1 saturated heterocycles. The molecule has 0 radical (unpaired) electrons. The fourth-order valence-electron chi connectivity index (χ4n) is 2.90. The first-order chi connectivity index (χ1) is 15.9. The number of carbonyl (C=O) groups is 1. The van der Waals surface area contributed by atoms with Crippen molar-refractivity contribution in [2.75, 3.05) is 38.3 Å². The summed E-state index contributed by atoms with van der Waals surface area (Å²) in [6.45, 7) is 0.716. The first-order valence-corrected chi connectivity index (χ1v) is 10.1. The van der Waals surface area contributed by atoms with Crippen LogP contribution >= 0.6 is 0 Å². The van der Waals surface area contributed by atoms with E-state index < -0.39 is 17.9 Å². The molecule has 176 valence electrons. The first kappa shape index (κ1) is 24.0. The summed E-state index contributed by atoms with van der Waals surface area (Å²) in [4.78, 5) is 27.2. The minimum atomic E-state index is -0.699. The number of methoxy groups -OCH3 is 1. The molecule has 1 aliphatic heterocycles. The third-order valence-corrected chi connectivity index (χ3v) is 4.77. The summed E-state index contributed by atoms with van der Waals surface area (Å²) >= 11 is 0. The Balaban J connectivity index is 1.57. The summed E-state index contributed by atoms with van der Waals surface area (Å²) in [6, 6.07) is 4.73. The number of ether oxygens (including phenoxy) is 2. The summed E-state index contributed by atoms with van der Waals surface area (Å²) in [5.74, 6) is -1.09. The number of esters is 1. The van der Waals surface area contributed by atoms with Gasteiger partial charge in [0.2, 0.25) is 5.95 Å². The molecule has 2 heterocycles. The SMILES string of the molecule is COC(CO)CON=C1CN(c2ncc(-c3cccc(COC(=O)CC(=N)N)c3F)cn2)C1. The van der Waals surface area contributed by atoms with E-state index in [4.69, 9.17) is 30.6 Å². The minimum Gasteiger partial charge on any atom is -0.460 e. The lowest BCUT2D eigenvalue weighted by Gasteiger charge is -2.31. The second-order valence-corrected chi connectivity index (χ2v) is 7.26. The molecule has 33 heavy (non-hydrogen) atoms. The fourth-order valence-corrected chi connectivity index (χ4v) is 2.90. The van der Waals surface area contributed by atoms with Gasteiger partial charge in [-0.05, 0) is 0 Å². The van der Waals surface area contributed by atoms with E-state index in [1.807, 2.05) is 4.90 Å². The minimum absolute atomic E-state index is 0.151. The highest BCUT2D eigenvalue weighted by atomic mass is 19.1. The number of nitrogens with zero attached hydrogens (tertiary/aromatic N) is 4. The number of oxime groups is 1. The normalized spacial score (nSPS) is 13.8. The zero-order chi connectivity index (χ0) is 23.8. The number of aliphatic hydroxyl groups is 1. The second kappa shape index (κ2) is 11.3. The Bertz CT molecular complexity index is 1000. The van der Waals surface area contributed by atoms with Gasteiger partial charge in [-0.25, -0.2) is 14.4 Å². The molecule has 1 aliphatic rings. The number of benzene rings is 1. The molecule has 0 bridgehead atoms. The van der Waals surface area contributed by atoms with Crippen LogP contribution in [0.3, 0.4) is 0 Å². The molecule has 1 aromatic carbocycles. The van der Waals surface area contributed by atoms with Crippen molar-refractivity contribution in [1.82, 2.24) is 9.97 Å². The summed E-state index contributed by atoms with van der Waals surface area (Å²) in [7, 11) is 1.48. The van der Waals surface area contributed by atoms with Crippen molar-refractivity contribution in [2.45, 2.75) is 19.1 Å². The Hall–Kier alpha value is -3.64. The van der Waals surface area contributed by atoms with Crippen LogP contribution in [0.4, 0.5) is 10.3 Å². The summed E-state index contributed by atoms with van der Waals surface area (Å²) < 4.78 is 24.9. The van der Waals surface area contributed by atoms with E-state index in [-0.39, 0.29) is 43.2 Å². The van der Waals surface area contributed by atoms with Gasteiger partial charge in [0.1, 0.15) is 37.4 Å². The Kier molecular flexibility index (Phi) is 8.22. The third kappa shape index (κ3) is 6.43. The maximum atomic E-state index is 14.9. The Labute approximate surface area is 189 Å². The Morgan fingerprint density at radius 2 is 2.09 bits per heavy atom. The van der Waals surface area contributed by atoms with Crippen LogP contribution in [0.15, 0.2) is 35.7 Å². The molecule has 1 fully saturated rings. The highest BCUT2D eigenvalue weighted by Crippen LogP contribution is 2.26. The zero-order valence-electron chi connectivity index (χ0n) is 18.0. The number of rotatable bonds is 11. The van der Waals surface area contributed by atoms with E-state index in [0.717, 1.165) is 5.71 Å². The summed E-state index contributed by atoms with van der Waals surface area (Å²) in [5.41, 5.74) is 6.89. The monoisotopic (exact) mass is 460 g/mol. The van der Waals surface area contributed by atoms with Gasteiger partial charge in [0, 0.05) is 36.2 Å². The molecule has 0 aliphatic carbocycles. The van der Waals surface area contributed by atoms with E-state index in [1.165, 1.54) is 25.6 Å². The molecule has 0 amide bonds. The second-order valence-electron chi connectivity index (χ2n) is 7.26. The molecule has 11 nitrogen and oxygen atoms in total. The van der Waals surface area contributed by atoms with E-state index in [1.54, 1.807) is 12.1 Å². The predicted octanol–water partition coefficient (Wildman–Crippen LogP) is 0.852. The van der Waals surface area contributed by atoms with Crippen LogP contribution in [0.5, 0.6) is 0 Å². The van der Waals surface area contributed by atoms with Crippen molar-refractivity contribution >= 4 is 23.5 Å². The van der Waals surface area contributed by atoms with Crippen molar-refractivity contribution < 1.29 is 28.6 Å². The van der Waals surface area contributed by atoms with E-state index in [9.17, 15) is 9.18 Å². The van der Waals surface area contributed by atoms with Crippen LogP contribution in [-0.2, 0) is 25.7 Å². The molecule has 1 atom stereocenters. The standard InChI is InChI=1S/C21H25FN6O5/c1-31-16(10-29)12-33-27-15-8-28(9-15)21-25-6-14(7-26-21)17-4-2-3-13(20(17)22)11-32-19(30)5-18(23)24/h2-4,6-7,16,29H,5,8-12H2,1H3,(H3,23,24). The van der Waals surface area contributed by atoms with Gasteiger partial charge in [-0.15, -0.1) is 0 Å². The largest absolute Gasteiger partial charge is 0.460 e. The molecule has 0 spiro atoms. The van der Waals surface area contributed by atoms with Crippen molar-refractivity contribution in [1.29, 1.82) is 5.41 Å². The van der Waals surface area contributed by atoms with Gasteiger partial charge in [-0.3, -0.25) is 10.2 Å². The summed E-state index contributed by atoms with van der Waals surface area (Å²) in [6.07, 6.45) is 2.26. The number of nitrogens with two attached hydrogens (primary N) is 1. The molecule has 1 unspecified atom stereocenters. The number of halogens is 1. The van der Waals surface area contributed by atoms with Crippen LogP contribution in [-0.4, -0.2) is 72.1 Å². The molecule has 4 N–H and O–H groups in total. The molecular weight excluding hydrogens is 435 g/mol. The smallest absolute Gasteiger partial charge is 0.313 e. The number of aliphatic hydroxyl groups excluding tert-OH is 1. The first-order valence-electron chi connectivity index (χ1n) is 10.1. The molecule has 1 aromatic heterocycles. The molecule has 2 aromatic rings. The average molecular weight is 460 g/mol. The zero-order valence-corrected chi connectivity index (χ0v) is 18.0. The number of nitrogens with one attached hydrogen (secondary N) is 1. The highest BCUT2D eigenvalue weighted by molar-refractivity contribution is 5.98. The van der Waals surface area contributed by atoms with Crippen molar-refractivity contribution in [3.63, 3.8) is 0 Å². The van der Waals surface area contributed by atoms with Gasteiger partial charge in [-0.2, -0.15) is 0 Å². The van der Waals surface area contributed by atoms with Gasteiger partial charge in [-0.1, -0.05) is 23.4 Å². The van der Waals surface area contributed by atoms with Crippen molar-refractivity contribution in [3.8, 4) is 11.1 Å². The van der Waals surface area contributed by atoms with Gasteiger partial charge < -0.3 is 30.1 Å².